The molecule has 1 aliphatic rings. The van der Waals surface area contributed by atoms with Gasteiger partial charge in [-0.05, 0) is 43.4 Å². The van der Waals surface area contributed by atoms with Crippen molar-refractivity contribution in [1.82, 2.24) is 4.72 Å². The zero-order valence-electron chi connectivity index (χ0n) is 12.3. The second-order valence-electron chi connectivity index (χ2n) is 5.69. The van der Waals surface area contributed by atoms with E-state index < -0.39 is 16.0 Å². The van der Waals surface area contributed by atoms with Crippen molar-refractivity contribution in [2.24, 2.45) is 5.92 Å². The fraction of sp³-hybridized carbons (Fsp3) is 0.533. The first kappa shape index (κ1) is 16.0. The van der Waals surface area contributed by atoms with Gasteiger partial charge in [-0.2, -0.15) is 0 Å². The highest BCUT2D eigenvalue weighted by Crippen LogP contribution is 2.34. The average Bonchev–Trinajstić information content (AvgIpc) is 3.21. The Morgan fingerprint density at radius 1 is 1.43 bits per heavy atom. The third-order valence-electron chi connectivity index (χ3n) is 3.85. The SMILES string of the molecule is CCC(CC1CC1)NS(=O)(=O)c1cc(C(=O)O)ccc1C. The second-order valence-corrected chi connectivity index (χ2v) is 7.37. The molecule has 116 valence electrons. The molecule has 1 aromatic rings. The van der Waals surface area contributed by atoms with E-state index in [4.69, 9.17) is 5.11 Å². The lowest BCUT2D eigenvalue weighted by Gasteiger charge is -2.18. The highest BCUT2D eigenvalue weighted by atomic mass is 32.2. The van der Waals surface area contributed by atoms with Gasteiger partial charge in [0.15, 0.2) is 0 Å². The Bertz CT molecular complexity index is 635. The van der Waals surface area contributed by atoms with Gasteiger partial charge in [-0.3, -0.25) is 0 Å². The van der Waals surface area contributed by atoms with Crippen LogP contribution in [0.15, 0.2) is 23.1 Å². The fourth-order valence-corrected chi connectivity index (χ4v) is 3.96. The van der Waals surface area contributed by atoms with Crippen molar-refractivity contribution >= 4 is 16.0 Å². The van der Waals surface area contributed by atoms with Crippen LogP contribution in [0.4, 0.5) is 0 Å². The number of aromatic carboxylic acids is 1. The Balaban J connectivity index is 2.25. The van der Waals surface area contributed by atoms with Gasteiger partial charge in [-0.1, -0.05) is 25.8 Å². The average molecular weight is 311 g/mol. The van der Waals surface area contributed by atoms with Crippen LogP contribution in [0.3, 0.4) is 0 Å². The van der Waals surface area contributed by atoms with E-state index >= 15 is 0 Å². The molecule has 0 aliphatic heterocycles. The molecular formula is C15H21NO4S. The summed E-state index contributed by atoms with van der Waals surface area (Å²) in [6, 6.07) is 4.08. The van der Waals surface area contributed by atoms with Crippen LogP contribution in [0.25, 0.3) is 0 Å². The predicted octanol–water partition coefficient (Wildman–Crippen LogP) is 2.55. The summed E-state index contributed by atoms with van der Waals surface area (Å²) in [6.07, 6.45) is 3.93. The number of aryl methyl sites for hydroxylation is 1. The quantitative estimate of drug-likeness (QED) is 0.810. The van der Waals surface area contributed by atoms with Gasteiger partial charge in [-0.25, -0.2) is 17.9 Å². The largest absolute Gasteiger partial charge is 0.478 e. The molecule has 6 heteroatoms. The molecule has 0 aromatic heterocycles. The minimum absolute atomic E-state index is 0.0174. The van der Waals surface area contributed by atoms with E-state index in [0.29, 0.717) is 11.5 Å². The number of carbonyl (C=O) groups is 1. The summed E-state index contributed by atoms with van der Waals surface area (Å²) in [6.45, 7) is 3.62. The van der Waals surface area contributed by atoms with Crippen molar-refractivity contribution in [2.75, 3.05) is 0 Å². The van der Waals surface area contributed by atoms with Gasteiger partial charge >= 0.3 is 5.97 Å². The van der Waals surface area contributed by atoms with Gasteiger partial charge < -0.3 is 5.11 Å². The zero-order valence-corrected chi connectivity index (χ0v) is 13.1. The molecule has 1 fully saturated rings. The van der Waals surface area contributed by atoms with E-state index in [1.54, 1.807) is 6.92 Å². The number of nitrogens with one attached hydrogen (secondary N) is 1. The van der Waals surface area contributed by atoms with Crippen molar-refractivity contribution in [3.05, 3.63) is 29.3 Å². The summed E-state index contributed by atoms with van der Waals surface area (Å²) in [4.78, 5) is 11.1. The summed E-state index contributed by atoms with van der Waals surface area (Å²) < 4.78 is 27.7. The predicted molar refractivity (Wildman–Crippen MR) is 79.9 cm³/mol. The smallest absolute Gasteiger partial charge is 0.335 e. The Kier molecular flexibility index (Phi) is 4.68. The number of hydrogen-bond donors (Lipinski definition) is 2. The summed E-state index contributed by atoms with van der Waals surface area (Å²) in [5.41, 5.74) is 0.532. The molecule has 1 unspecified atom stereocenters. The van der Waals surface area contributed by atoms with Gasteiger partial charge in [0, 0.05) is 6.04 Å². The lowest BCUT2D eigenvalue weighted by molar-refractivity contribution is 0.0696. The van der Waals surface area contributed by atoms with Crippen LogP contribution < -0.4 is 4.72 Å². The summed E-state index contributed by atoms with van der Waals surface area (Å²) in [7, 11) is -3.69. The zero-order chi connectivity index (χ0) is 15.6. The van der Waals surface area contributed by atoms with Crippen LogP contribution in [-0.4, -0.2) is 25.5 Å². The van der Waals surface area contributed by atoms with Gasteiger partial charge in [0.1, 0.15) is 0 Å². The molecule has 0 radical (unpaired) electrons. The molecule has 1 atom stereocenters. The van der Waals surface area contributed by atoms with Crippen LogP contribution in [0.1, 0.15) is 48.5 Å². The maximum atomic E-state index is 12.5. The normalized spacial score (nSPS) is 16.7. The van der Waals surface area contributed by atoms with E-state index in [0.717, 1.165) is 12.8 Å². The minimum atomic E-state index is -3.69. The highest BCUT2D eigenvalue weighted by molar-refractivity contribution is 7.89. The van der Waals surface area contributed by atoms with Crippen molar-refractivity contribution < 1.29 is 18.3 Å². The lowest BCUT2D eigenvalue weighted by atomic mass is 10.1. The molecule has 5 nitrogen and oxygen atoms in total. The molecule has 1 aliphatic carbocycles. The lowest BCUT2D eigenvalue weighted by Crippen LogP contribution is -2.35. The Hall–Kier alpha value is -1.40. The van der Waals surface area contributed by atoms with Crippen molar-refractivity contribution in [3.63, 3.8) is 0 Å². The third kappa shape index (κ3) is 4.04. The molecular weight excluding hydrogens is 290 g/mol. The number of carboxylic acid groups (broad SMARTS) is 1. The maximum absolute atomic E-state index is 12.5. The van der Waals surface area contributed by atoms with E-state index in [1.807, 2.05) is 6.92 Å². The number of sulfonamides is 1. The van der Waals surface area contributed by atoms with Crippen LogP contribution in [-0.2, 0) is 10.0 Å². The van der Waals surface area contributed by atoms with Gasteiger partial charge in [0.25, 0.3) is 0 Å². The monoisotopic (exact) mass is 311 g/mol. The topological polar surface area (TPSA) is 83.5 Å². The third-order valence-corrected chi connectivity index (χ3v) is 5.52. The first-order valence-electron chi connectivity index (χ1n) is 7.19. The molecule has 1 saturated carbocycles. The van der Waals surface area contributed by atoms with Crippen molar-refractivity contribution in [2.45, 2.75) is 50.5 Å². The maximum Gasteiger partial charge on any atom is 0.335 e. The van der Waals surface area contributed by atoms with Gasteiger partial charge in [0.05, 0.1) is 10.5 Å². The van der Waals surface area contributed by atoms with Crippen LogP contribution >= 0.6 is 0 Å². The summed E-state index contributed by atoms with van der Waals surface area (Å²) >= 11 is 0. The van der Waals surface area contributed by atoms with Crippen molar-refractivity contribution in [1.29, 1.82) is 0 Å². The van der Waals surface area contributed by atoms with E-state index in [-0.39, 0.29) is 16.5 Å². The highest BCUT2D eigenvalue weighted by Gasteiger charge is 2.28. The van der Waals surface area contributed by atoms with Crippen LogP contribution in [0.5, 0.6) is 0 Å². The molecule has 21 heavy (non-hydrogen) atoms. The number of carboxylic acids is 1. The molecule has 0 spiro atoms. The van der Waals surface area contributed by atoms with E-state index in [2.05, 4.69) is 4.72 Å². The van der Waals surface area contributed by atoms with Crippen LogP contribution in [0.2, 0.25) is 0 Å². The molecule has 0 bridgehead atoms. The minimum Gasteiger partial charge on any atom is -0.478 e. The van der Waals surface area contributed by atoms with E-state index in [9.17, 15) is 13.2 Å². The summed E-state index contributed by atoms with van der Waals surface area (Å²) in [5.74, 6) is -0.499. The van der Waals surface area contributed by atoms with Crippen molar-refractivity contribution in [3.8, 4) is 0 Å². The molecule has 0 amide bonds. The molecule has 1 aromatic carbocycles. The Morgan fingerprint density at radius 2 is 2.10 bits per heavy atom. The standard InChI is InChI=1S/C15H21NO4S/c1-3-13(8-11-5-6-11)16-21(19,20)14-9-12(15(17)18)7-4-10(14)2/h4,7,9,11,13,16H,3,5-6,8H2,1-2H3,(H,17,18). The molecule has 2 N–H and O–H groups in total. The number of hydrogen-bond acceptors (Lipinski definition) is 3. The van der Waals surface area contributed by atoms with E-state index in [1.165, 1.54) is 31.0 Å². The molecule has 0 saturated heterocycles. The van der Waals surface area contributed by atoms with Gasteiger partial charge in [-0.15, -0.1) is 0 Å². The Labute approximate surface area is 125 Å². The molecule has 0 heterocycles. The first-order chi connectivity index (χ1) is 9.83. The first-order valence-corrected chi connectivity index (χ1v) is 8.68. The van der Waals surface area contributed by atoms with Crippen LogP contribution in [0, 0.1) is 12.8 Å². The number of benzene rings is 1. The Morgan fingerprint density at radius 3 is 2.62 bits per heavy atom. The summed E-state index contributed by atoms with van der Waals surface area (Å²) in [5, 5.41) is 9.01. The number of rotatable bonds is 7. The molecule has 2 rings (SSSR count). The van der Waals surface area contributed by atoms with Gasteiger partial charge in [0.2, 0.25) is 10.0 Å². The second kappa shape index (κ2) is 6.15. The fourth-order valence-electron chi connectivity index (χ4n) is 2.36.